The van der Waals surface area contributed by atoms with Crippen molar-refractivity contribution in [3.8, 4) is 0 Å². The maximum Gasteiger partial charge on any atom is 0.248 e. The number of likely N-dealkylation sites (N-methyl/N-ethyl adjacent to an activating group) is 1. The van der Waals surface area contributed by atoms with Crippen LogP contribution in [0.25, 0.3) is 0 Å². The molecule has 1 amide bonds. The van der Waals surface area contributed by atoms with Gasteiger partial charge in [-0.15, -0.1) is 0 Å². The molecule has 18 heavy (non-hydrogen) atoms. The summed E-state index contributed by atoms with van der Waals surface area (Å²) in [6, 6.07) is 0. The first-order valence-corrected chi connectivity index (χ1v) is 5.94. The number of alkyl halides is 2. The Morgan fingerprint density at radius 2 is 1.78 bits per heavy atom. The van der Waals surface area contributed by atoms with E-state index >= 15 is 0 Å². The largest absolute Gasteiger partial charge is 0.298 e. The van der Waals surface area contributed by atoms with E-state index < -0.39 is 11.3 Å². The molecule has 2 aliphatic rings. The fourth-order valence-electron chi connectivity index (χ4n) is 2.93. The summed E-state index contributed by atoms with van der Waals surface area (Å²) in [7, 11) is 1.62. The molecule has 1 spiro atoms. The number of carbonyl (C=O) groups excluding carboxylic acids is 1. The van der Waals surface area contributed by atoms with E-state index in [1.54, 1.807) is 7.05 Å². The number of halogens is 2. The quantitative estimate of drug-likeness (QED) is 0.709. The van der Waals surface area contributed by atoms with E-state index in [1.165, 1.54) is 17.3 Å². The van der Waals surface area contributed by atoms with Gasteiger partial charge in [0.25, 0.3) is 0 Å². The van der Waals surface area contributed by atoms with Gasteiger partial charge in [-0.05, 0) is 12.8 Å². The van der Waals surface area contributed by atoms with Crippen molar-refractivity contribution in [2.75, 3.05) is 11.9 Å². The third-order valence-corrected chi connectivity index (χ3v) is 4.00. The molecular formula is C12H13F2N3O. The number of anilines is 1. The minimum atomic E-state index is -2.66. The zero-order chi connectivity index (χ0) is 13.0. The Balaban J connectivity index is 2.06. The molecule has 1 aliphatic carbocycles. The van der Waals surface area contributed by atoms with Gasteiger partial charge in [0.2, 0.25) is 11.8 Å². The zero-order valence-electron chi connectivity index (χ0n) is 9.99. The molecule has 1 aromatic heterocycles. The molecule has 0 bridgehead atoms. The number of nitrogens with zero attached hydrogens (tertiary/aromatic N) is 3. The third-order valence-electron chi connectivity index (χ3n) is 4.00. The van der Waals surface area contributed by atoms with Gasteiger partial charge in [-0.1, -0.05) is 0 Å². The van der Waals surface area contributed by atoms with E-state index in [0.29, 0.717) is 11.5 Å². The van der Waals surface area contributed by atoms with Crippen molar-refractivity contribution in [3.63, 3.8) is 0 Å². The van der Waals surface area contributed by atoms with Gasteiger partial charge in [0.05, 0.1) is 11.1 Å². The lowest BCUT2D eigenvalue weighted by Gasteiger charge is -2.34. The lowest BCUT2D eigenvalue weighted by Crippen LogP contribution is -2.44. The van der Waals surface area contributed by atoms with Crippen LogP contribution >= 0.6 is 0 Å². The van der Waals surface area contributed by atoms with Crippen LogP contribution in [-0.2, 0) is 10.2 Å². The molecule has 96 valence electrons. The number of rotatable bonds is 0. The van der Waals surface area contributed by atoms with Gasteiger partial charge in [-0.2, -0.15) is 0 Å². The van der Waals surface area contributed by atoms with Crippen molar-refractivity contribution in [1.82, 2.24) is 9.97 Å². The molecule has 6 heteroatoms. The molecule has 1 fully saturated rings. The summed E-state index contributed by atoms with van der Waals surface area (Å²) in [5, 5.41) is 0. The van der Waals surface area contributed by atoms with E-state index in [0.717, 1.165) is 0 Å². The highest BCUT2D eigenvalue weighted by Crippen LogP contribution is 2.50. The van der Waals surface area contributed by atoms with Crippen LogP contribution < -0.4 is 4.90 Å². The molecular weight excluding hydrogens is 240 g/mol. The van der Waals surface area contributed by atoms with Crippen LogP contribution in [-0.4, -0.2) is 28.8 Å². The third kappa shape index (κ3) is 1.38. The first kappa shape index (κ1) is 11.5. The van der Waals surface area contributed by atoms with Gasteiger partial charge in [0.1, 0.15) is 0 Å². The molecule has 1 aliphatic heterocycles. The molecule has 0 unspecified atom stereocenters. The Hall–Kier alpha value is -1.59. The van der Waals surface area contributed by atoms with Crippen molar-refractivity contribution in [1.29, 1.82) is 0 Å². The predicted molar refractivity (Wildman–Crippen MR) is 60.5 cm³/mol. The molecule has 3 rings (SSSR count). The first-order valence-electron chi connectivity index (χ1n) is 5.94. The Bertz CT molecular complexity index is 508. The molecule has 2 heterocycles. The highest BCUT2D eigenvalue weighted by Gasteiger charge is 2.56. The second-order valence-corrected chi connectivity index (χ2v) is 5.03. The highest BCUT2D eigenvalue weighted by molar-refractivity contribution is 6.06. The molecule has 1 saturated carbocycles. The van der Waals surface area contributed by atoms with Crippen molar-refractivity contribution in [2.24, 2.45) is 0 Å². The lowest BCUT2D eigenvalue weighted by molar-refractivity contribution is -0.128. The van der Waals surface area contributed by atoms with Crippen LogP contribution in [0.3, 0.4) is 0 Å². The fraction of sp³-hybridized carbons (Fsp3) is 0.583. The summed E-state index contributed by atoms with van der Waals surface area (Å²) >= 11 is 0. The molecule has 0 N–H and O–H groups in total. The van der Waals surface area contributed by atoms with Gasteiger partial charge in [0.15, 0.2) is 5.82 Å². The number of hydrogen-bond donors (Lipinski definition) is 0. The molecule has 0 saturated heterocycles. The van der Waals surface area contributed by atoms with E-state index in [4.69, 9.17) is 0 Å². The van der Waals surface area contributed by atoms with Crippen LogP contribution in [0.4, 0.5) is 14.6 Å². The SMILES string of the molecule is CN1C(=O)C2(CCC(F)(F)CC2)c2nccnc21. The van der Waals surface area contributed by atoms with Crippen molar-refractivity contribution in [2.45, 2.75) is 37.0 Å². The van der Waals surface area contributed by atoms with E-state index in [-0.39, 0.29) is 31.6 Å². The zero-order valence-corrected chi connectivity index (χ0v) is 9.99. The summed E-state index contributed by atoms with van der Waals surface area (Å²) in [6.07, 6.45) is 2.80. The van der Waals surface area contributed by atoms with Crippen molar-refractivity contribution in [3.05, 3.63) is 18.1 Å². The number of amides is 1. The molecule has 1 aromatic rings. The standard InChI is InChI=1S/C12H13F2N3O/c1-17-9-8(15-6-7-16-9)11(10(17)18)2-4-12(13,14)5-3-11/h6-7H,2-5H2,1H3. The highest BCUT2D eigenvalue weighted by atomic mass is 19.3. The van der Waals surface area contributed by atoms with Gasteiger partial charge in [0, 0.05) is 32.3 Å². The topological polar surface area (TPSA) is 46.1 Å². The second-order valence-electron chi connectivity index (χ2n) is 5.03. The number of carbonyl (C=O) groups is 1. The van der Waals surface area contributed by atoms with E-state index in [1.807, 2.05) is 0 Å². The average Bonchev–Trinajstić information content (AvgIpc) is 2.57. The van der Waals surface area contributed by atoms with Crippen molar-refractivity contribution < 1.29 is 13.6 Å². The Kier molecular flexibility index (Phi) is 2.21. The van der Waals surface area contributed by atoms with Crippen LogP contribution in [0.1, 0.15) is 31.4 Å². The predicted octanol–water partition coefficient (Wildman–Crippen LogP) is 1.90. The van der Waals surface area contributed by atoms with Gasteiger partial charge in [-0.3, -0.25) is 14.7 Å². The normalized spacial score (nSPS) is 24.4. The molecule has 0 radical (unpaired) electrons. The van der Waals surface area contributed by atoms with E-state index in [2.05, 4.69) is 9.97 Å². The minimum absolute atomic E-state index is 0.148. The molecule has 4 nitrogen and oxygen atoms in total. The summed E-state index contributed by atoms with van der Waals surface area (Å²) in [5.74, 6) is -2.30. The lowest BCUT2D eigenvalue weighted by atomic mass is 9.71. The van der Waals surface area contributed by atoms with Crippen LogP contribution in [0, 0.1) is 0 Å². The van der Waals surface area contributed by atoms with Crippen LogP contribution in [0.15, 0.2) is 12.4 Å². The maximum absolute atomic E-state index is 13.3. The first-order chi connectivity index (χ1) is 8.46. The average molecular weight is 253 g/mol. The molecule has 0 aromatic carbocycles. The Morgan fingerprint density at radius 1 is 1.17 bits per heavy atom. The Labute approximate surface area is 103 Å². The maximum atomic E-state index is 13.3. The van der Waals surface area contributed by atoms with Crippen molar-refractivity contribution >= 4 is 11.7 Å². The molecule has 0 atom stereocenters. The number of fused-ring (bicyclic) bond motifs is 2. The summed E-state index contributed by atoms with van der Waals surface area (Å²) < 4.78 is 26.6. The Morgan fingerprint density at radius 3 is 2.44 bits per heavy atom. The van der Waals surface area contributed by atoms with Gasteiger partial charge in [-0.25, -0.2) is 13.8 Å². The minimum Gasteiger partial charge on any atom is -0.298 e. The van der Waals surface area contributed by atoms with E-state index in [9.17, 15) is 13.6 Å². The number of hydrogen-bond acceptors (Lipinski definition) is 3. The second kappa shape index (κ2) is 3.46. The smallest absolute Gasteiger partial charge is 0.248 e. The van der Waals surface area contributed by atoms with Crippen LogP contribution in [0.2, 0.25) is 0 Å². The fourth-order valence-corrected chi connectivity index (χ4v) is 2.93. The number of aromatic nitrogens is 2. The summed E-state index contributed by atoms with van der Waals surface area (Å²) in [5.41, 5.74) is -0.312. The summed E-state index contributed by atoms with van der Waals surface area (Å²) in [6.45, 7) is 0. The van der Waals surface area contributed by atoms with Gasteiger partial charge < -0.3 is 0 Å². The summed E-state index contributed by atoms with van der Waals surface area (Å²) in [4.78, 5) is 22.1. The van der Waals surface area contributed by atoms with Crippen LogP contribution in [0.5, 0.6) is 0 Å². The van der Waals surface area contributed by atoms with Gasteiger partial charge >= 0.3 is 0 Å². The monoisotopic (exact) mass is 253 g/mol.